The number of rotatable bonds is 4. The van der Waals surface area contributed by atoms with Crippen molar-refractivity contribution in [1.82, 2.24) is 15.0 Å². The summed E-state index contributed by atoms with van der Waals surface area (Å²) in [6, 6.07) is 8.15. The summed E-state index contributed by atoms with van der Waals surface area (Å²) < 4.78 is 6.07. The standard InChI is InChI=1S/C19H17N3O2S2/c1-10-17(19(23)24-3)11(2)20-18(10)13-9-25-15(22-13)8-16-21-12-6-4-5-7-14(12)26-16/h4-7,9,20H,8H2,1-3H3. The number of ether oxygens (including phenoxy) is 1. The fourth-order valence-corrected chi connectivity index (χ4v) is 4.90. The summed E-state index contributed by atoms with van der Waals surface area (Å²) in [6.45, 7) is 3.79. The number of aromatic amines is 1. The highest BCUT2D eigenvalue weighted by atomic mass is 32.1. The molecule has 3 heterocycles. The van der Waals surface area contributed by atoms with E-state index in [1.54, 1.807) is 22.7 Å². The Morgan fingerprint density at radius 2 is 2.00 bits per heavy atom. The number of nitrogens with zero attached hydrogens (tertiary/aromatic N) is 2. The number of methoxy groups -OCH3 is 1. The molecule has 0 bridgehead atoms. The molecular weight excluding hydrogens is 366 g/mol. The lowest BCUT2D eigenvalue weighted by Crippen LogP contribution is -2.03. The zero-order valence-corrected chi connectivity index (χ0v) is 16.3. The van der Waals surface area contributed by atoms with Gasteiger partial charge in [0.2, 0.25) is 0 Å². The van der Waals surface area contributed by atoms with Crippen LogP contribution in [-0.2, 0) is 11.2 Å². The molecular formula is C19H17N3O2S2. The van der Waals surface area contributed by atoms with Crippen LogP contribution < -0.4 is 0 Å². The number of para-hydroxylation sites is 1. The maximum absolute atomic E-state index is 12.0. The lowest BCUT2D eigenvalue weighted by atomic mass is 10.1. The molecule has 5 nitrogen and oxygen atoms in total. The Hall–Kier alpha value is -2.51. The highest BCUT2D eigenvalue weighted by Crippen LogP contribution is 2.30. The molecule has 0 aliphatic carbocycles. The first-order valence-corrected chi connectivity index (χ1v) is 9.83. The van der Waals surface area contributed by atoms with Crippen molar-refractivity contribution in [3.05, 3.63) is 56.5 Å². The summed E-state index contributed by atoms with van der Waals surface area (Å²) in [5.74, 6) is -0.326. The van der Waals surface area contributed by atoms with Gasteiger partial charge in [-0.05, 0) is 31.5 Å². The molecule has 0 spiro atoms. The van der Waals surface area contributed by atoms with E-state index < -0.39 is 0 Å². The van der Waals surface area contributed by atoms with E-state index in [1.165, 1.54) is 11.8 Å². The lowest BCUT2D eigenvalue weighted by molar-refractivity contribution is 0.0599. The summed E-state index contributed by atoms with van der Waals surface area (Å²) in [5.41, 5.74) is 5.00. The summed E-state index contributed by atoms with van der Waals surface area (Å²) in [5, 5.41) is 4.08. The number of carbonyl (C=O) groups is 1. The molecule has 26 heavy (non-hydrogen) atoms. The van der Waals surface area contributed by atoms with Gasteiger partial charge in [0.05, 0.1) is 40.7 Å². The smallest absolute Gasteiger partial charge is 0.339 e. The fraction of sp³-hybridized carbons (Fsp3) is 0.211. The Balaban J connectivity index is 1.63. The predicted octanol–water partition coefficient (Wildman–Crippen LogP) is 4.74. The minimum atomic E-state index is -0.326. The van der Waals surface area contributed by atoms with Crippen molar-refractivity contribution in [1.29, 1.82) is 0 Å². The second kappa shape index (κ2) is 6.66. The second-order valence-corrected chi connectivity index (χ2v) is 8.05. The van der Waals surface area contributed by atoms with Crippen LogP contribution in [0.3, 0.4) is 0 Å². The molecule has 0 aliphatic heterocycles. The Labute approximate surface area is 158 Å². The van der Waals surface area contributed by atoms with Crippen LogP contribution in [-0.4, -0.2) is 28.0 Å². The number of carbonyl (C=O) groups excluding carboxylic acids is 1. The van der Waals surface area contributed by atoms with Gasteiger partial charge < -0.3 is 9.72 Å². The third-order valence-electron chi connectivity index (χ3n) is 4.28. The molecule has 0 atom stereocenters. The van der Waals surface area contributed by atoms with Gasteiger partial charge in [0.25, 0.3) is 0 Å². The van der Waals surface area contributed by atoms with Crippen molar-refractivity contribution in [2.24, 2.45) is 0 Å². The van der Waals surface area contributed by atoms with Gasteiger partial charge in [0, 0.05) is 11.1 Å². The third kappa shape index (κ3) is 2.93. The van der Waals surface area contributed by atoms with Gasteiger partial charge in [-0.25, -0.2) is 14.8 Å². The van der Waals surface area contributed by atoms with E-state index in [4.69, 9.17) is 9.72 Å². The van der Waals surface area contributed by atoms with Crippen LogP contribution in [0.25, 0.3) is 21.6 Å². The normalized spacial score (nSPS) is 11.2. The molecule has 0 saturated heterocycles. The van der Waals surface area contributed by atoms with E-state index in [1.807, 2.05) is 37.4 Å². The first-order valence-electron chi connectivity index (χ1n) is 8.13. The zero-order chi connectivity index (χ0) is 18.3. The average molecular weight is 383 g/mol. The van der Waals surface area contributed by atoms with Crippen molar-refractivity contribution in [3.63, 3.8) is 0 Å². The third-order valence-corrected chi connectivity index (χ3v) is 6.16. The molecule has 1 N–H and O–H groups in total. The number of aryl methyl sites for hydroxylation is 1. The second-order valence-electron chi connectivity index (χ2n) is 6.00. The molecule has 0 unspecified atom stereocenters. The van der Waals surface area contributed by atoms with Crippen LogP contribution in [0.4, 0.5) is 0 Å². The van der Waals surface area contributed by atoms with E-state index >= 15 is 0 Å². The fourth-order valence-electron chi connectivity index (χ4n) is 3.05. The molecule has 4 rings (SSSR count). The average Bonchev–Trinajstić information content (AvgIpc) is 3.32. The molecule has 132 valence electrons. The van der Waals surface area contributed by atoms with E-state index in [9.17, 15) is 4.79 Å². The van der Waals surface area contributed by atoms with Crippen molar-refractivity contribution < 1.29 is 9.53 Å². The topological polar surface area (TPSA) is 67.9 Å². The molecule has 0 saturated carbocycles. The minimum Gasteiger partial charge on any atom is -0.465 e. The summed E-state index contributed by atoms with van der Waals surface area (Å²) >= 11 is 3.31. The Morgan fingerprint density at radius 1 is 1.19 bits per heavy atom. The zero-order valence-electron chi connectivity index (χ0n) is 14.6. The number of hydrogen-bond donors (Lipinski definition) is 1. The Morgan fingerprint density at radius 3 is 2.77 bits per heavy atom. The van der Waals surface area contributed by atoms with Gasteiger partial charge in [-0.2, -0.15) is 0 Å². The van der Waals surface area contributed by atoms with Crippen LogP contribution in [0.15, 0.2) is 29.6 Å². The van der Waals surface area contributed by atoms with Gasteiger partial charge in [0.15, 0.2) is 0 Å². The number of fused-ring (bicyclic) bond motifs is 1. The summed E-state index contributed by atoms with van der Waals surface area (Å²) in [6.07, 6.45) is 0.715. The van der Waals surface area contributed by atoms with Gasteiger partial charge in [-0.15, -0.1) is 22.7 Å². The molecule has 0 amide bonds. The SMILES string of the molecule is COC(=O)c1c(C)[nH]c(-c2csc(Cc3nc4ccccc4s3)n2)c1C. The molecule has 7 heteroatoms. The predicted molar refractivity (Wildman–Crippen MR) is 105 cm³/mol. The minimum absolute atomic E-state index is 0.326. The highest BCUT2D eigenvalue weighted by Gasteiger charge is 2.21. The van der Waals surface area contributed by atoms with Crippen LogP contribution >= 0.6 is 22.7 Å². The van der Waals surface area contributed by atoms with Crippen LogP contribution in [0.1, 0.15) is 31.6 Å². The summed E-state index contributed by atoms with van der Waals surface area (Å²) in [4.78, 5) is 24.7. The van der Waals surface area contributed by atoms with Crippen LogP contribution in [0, 0.1) is 13.8 Å². The van der Waals surface area contributed by atoms with Gasteiger partial charge in [0.1, 0.15) is 10.0 Å². The van der Waals surface area contributed by atoms with E-state index in [-0.39, 0.29) is 5.97 Å². The van der Waals surface area contributed by atoms with Crippen molar-refractivity contribution in [3.8, 4) is 11.4 Å². The van der Waals surface area contributed by atoms with Gasteiger partial charge in [-0.3, -0.25) is 0 Å². The molecule has 4 aromatic rings. The molecule has 0 aliphatic rings. The van der Waals surface area contributed by atoms with Gasteiger partial charge in [-0.1, -0.05) is 12.1 Å². The number of benzene rings is 1. The maximum Gasteiger partial charge on any atom is 0.339 e. The Bertz CT molecular complexity index is 1070. The quantitative estimate of drug-likeness (QED) is 0.517. The number of nitrogens with one attached hydrogen (secondary N) is 1. The Kier molecular flexibility index (Phi) is 4.34. The highest BCUT2D eigenvalue weighted by molar-refractivity contribution is 7.18. The van der Waals surface area contributed by atoms with Crippen LogP contribution in [0.5, 0.6) is 0 Å². The number of hydrogen-bond acceptors (Lipinski definition) is 6. The molecule has 0 fully saturated rings. The van der Waals surface area contributed by atoms with Crippen LogP contribution in [0.2, 0.25) is 0 Å². The van der Waals surface area contributed by atoms with E-state index in [2.05, 4.69) is 16.0 Å². The van der Waals surface area contributed by atoms with Crippen molar-refractivity contribution in [2.45, 2.75) is 20.3 Å². The summed E-state index contributed by atoms with van der Waals surface area (Å²) in [7, 11) is 1.40. The monoisotopic (exact) mass is 383 g/mol. The lowest BCUT2D eigenvalue weighted by Gasteiger charge is -1.99. The first kappa shape index (κ1) is 16.9. The molecule has 0 radical (unpaired) electrons. The number of aromatic nitrogens is 3. The number of esters is 1. The molecule has 3 aromatic heterocycles. The molecule has 1 aromatic carbocycles. The first-order chi connectivity index (χ1) is 12.6. The largest absolute Gasteiger partial charge is 0.465 e. The van der Waals surface area contributed by atoms with Crippen molar-refractivity contribution >= 4 is 38.9 Å². The van der Waals surface area contributed by atoms with E-state index in [0.29, 0.717) is 12.0 Å². The van der Waals surface area contributed by atoms with E-state index in [0.717, 1.165) is 38.2 Å². The number of H-pyrrole nitrogens is 1. The van der Waals surface area contributed by atoms with Crippen molar-refractivity contribution in [2.75, 3.05) is 7.11 Å². The number of thiazole rings is 2. The maximum atomic E-state index is 12.0. The van der Waals surface area contributed by atoms with Gasteiger partial charge >= 0.3 is 5.97 Å².